The number of hydrogen-bond acceptors (Lipinski definition) is 4. The van der Waals surface area contributed by atoms with Gasteiger partial charge in [-0.3, -0.25) is 4.79 Å². The van der Waals surface area contributed by atoms with Crippen molar-refractivity contribution in [3.05, 3.63) is 23.8 Å². The molecule has 0 spiro atoms. The van der Waals surface area contributed by atoms with Crippen LogP contribution in [-0.2, 0) is 0 Å². The van der Waals surface area contributed by atoms with Crippen LogP contribution in [0.2, 0.25) is 0 Å². The van der Waals surface area contributed by atoms with Gasteiger partial charge in [0, 0.05) is 32.9 Å². The summed E-state index contributed by atoms with van der Waals surface area (Å²) in [6, 6.07) is 5.41. The number of benzene rings is 1. The van der Waals surface area contributed by atoms with Crippen molar-refractivity contribution in [2.75, 3.05) is 32.1 Å². The Morgan fingerprint density at radius 1 is 1.33 bits per heavy atom. The second kappa shape index (κ2) is 5.16. The van der Waals surface area contributed by atoms with Crippen LogP contribution in [-0.4, -0.2) is 38.0 Å². The van der Waals surface area contributed by atoms with Gasteiger partial charge in [-0.15, -0.1) is 0 Å². The van der Waals surface area contributed by atoms with Gasteiger partial charge in [0.05, 0.1) is 10.7 Å². The zero-order valence-corrected chi connectivity index (χ0v) is 10.8. The molecular formula is C13H18N4O+. The molecule has 1 radical (unpaired) electrons. The molecule has 1 fully saturated rings. The number of anilines is 1. The largest absolute Gasteiger partial charge is 0.378 e. The van der Waals surface area contributed by atoms with Crippen molar-refractivity contribution < 1.29 is 10.3 Å². The van der Waals surface area contributed by atoms with E-state index in [4.69, 9.17) is 5.53 Å². The molecule has 1 aliphatic heterocycles. The summed E-state index contributed by atoms with van der Waals surface area (Å²) >= 11 is 0. The van der Waals surface area contributed by atoms with E-state index < -0.39 is 0 Å². The van der Waals surface area contributed by atoms with E-state index in [9.17, 15) is 4.79 Å². The van der Waals surface area contributed by atoms with Gasteiger partial charge in [0.1, 0.15) is 11.2 Å². The van der Waals surface area contributed by atoms with Crippen LogP contribution in [0.1, 0.15) is 23.2 Å². The summed E-state index contributed by atoms with van der Waals surface area (Å²) < 4.78 is 0. The van der Waals surface area contributed by atoms with E-state index >= 15 is 0 Å². The number of carbonyl (C=O) groups is 1. The first-order valence-electron chi connectivity index (χ1n) is 6.11. The minimum absolute atomic E-state index is 0.0119. The van der Waals surface area contributed by atoms with Crippen molar-refractivity contribution in [2.24, 2.45) is 5.11 Å². The molecule has 5 nitrogen and oxygen atoms in total. The molecule has 1 saturated heterocycles. The zero-order chi connectivity index (χ0) is 13.1. The van der Waals surface area contributed by atoms with E-state index in [2.05, 4.69) is 5.11 Å². The summed E-state index contributed by atoms with van der Waals surface area (Å²) in [7, 11) is 3.86. The number of nitrogens with one attached hydrogen (secondary N) is 1. The smallest absolute Gasteiger partial charge is 0.256 e. The number of nitrogens with zero attached hydrogens (tertiary/aromatic N) is 3. The molecule has 1 heterocycles. The maximum Gasteiger partial charge on any atom is 0.256 e. The molecule has 1 aromatic carbocycles. The molecule has 5 heteroatoms. The summed E-state index contributed by atoms with van der Waals surface area (Å²) in [4.78, 5) is 16.1. The molecule has 0 atom stereocenters. The molecule has 0 aliphatic carbocycles. The van der Waals surface area contributed by atoms with Crippen LogP contribution in [0, 0.1) is 0 Å². The number of amides is 1. The third-order valence-electron chi connectivity index (χ3n) is 3.24. The first-order chi connectivity index (χ1) is 8.63. The van der Waals surface area contributed by atoms with Gasteiger partial charge in [-0.05, 0) is 31.0 Å². The molecule has 1 aromatic rings. The van der Waals surface area contributed by atoms with E-state index in [0.29, 0.717) is 11.3 Å². The SMILES string of the molecule is CN(C)c1ccc(N=[NH+])c(C(=O)N2CCCC2)c1. The third kappa shape index (κ3) is 2.34. The Labute approximate surface area is 107 Å². The van der Waals surface area contributed by atoms with E-state index in [1.807, 2.05) is 36.0 Å². The molecule has 1 amide bonds. The van der Waals surface area contributed by atoms with E-state index in [-0.39, 0.29) is 5.91 Å². The lowest BCUT2D eigenvalue weighted by atomic mass is 10.1. The summed E-state index contributed by atoms with van der Waals surface area (Å²) in [5, 5.41) is 3.45. The van der Waals surface area contributed by atoms with Crippen molar-refractivity contribution in [1.29, 1.82) is 0 Å². The van der Waals surface area contributed by atoms with Crippen molar-refractivity contribution in [2.45, 2.75) is 12.8 Å². The molecule has 2 rings (SSSR count). The normalized spacial score (nSPS) is 14.7. The van der Waals surface area contributed by atoms with Gasteiger partial charge in [-0.25, -0.2) is 0 Å². The summed E-state index contributed by atoms with van der Waals surface area (Å²) in [5.74, 6) is -0.0119. The Balaban J connectivity index is 2.36. The molecule has 18 heavy (non-hydrogen) atoms. The lowest BCUT2D eigenvalue weighted by Gasteiger charge is -2.18. The molecule has 0 unspecified atom stereocenters. The van der Waals surface area contributed by atoms with Crippen LogP contribution in [0.3, 0.4) is 0 Å². The Morgan fingerprint density at radius 2 is 2.00 bits per heavy atom. The third-order valence-corrected chi connectivity index (χ3v) is 3.24. The number of carbonyl (C=O) groups excluding carboxylic acids is 1. The van der Waals surface area contributed by atoms with Crippen molar-refractivity contribution >= 4 is 17.3 Å². The second-order valence-electron chi connectivity index (χ2n) is 4.71. The molecular weight excluding hydrogens is 228 g/mol. The highest BCUT2D eigenvalue weighted by Gasteiger charge is 2.23. The van der Waals surface area contributed by atoms with Gasteiger partial charge in [-0.1, -0.05) is 0 Å². The Kier molecular flexibility index (Phi) is 3.60. The zero-order valence-electron chi connectivity index (χ0n) is 10.8. The van der Waals surface area contributed by atoms with Crippen LogP contribution in [0.15, 0.2) is 23.3 Å². The fraction of sp³-hybridized carbons (Fsp3) is 0.462. The monoisotopic (exact) mass is 246 g/mol. The average Bonchev–Trinajstić information content (AvgIpc) is 2.90. The Morgan fingerprint density at radius 3 is 2.56 bits per heavy atom. The van der Waals surface area contributed by atoms with E-state index in [1.165, 1.54) is 0 Å². The molecule has 0 aromatic heterocycles. The fourth-order valence-electron chi connectivity index (χ4n) is 2.16. The van der Waals surface area contributed by atoms with Crippen LogP contribution >= 0.6 is 0 Å². The minimum atomic E-state index is -0.0119. The van der Waals surface area contributed by atoms with Crippen molar-refractivity contribution in [3.63, 3.8) is 0 Å². The number of likely N-dealkylation sites (tertiary alicyclic amines) is 1. The second-order valence-corrected chi connectivity index (χ2v) is 4.71. The van der Waals surface area contributed by atoms with E-state index in [0.717, 1.165) is 31.6 Å². The Bertz CT molecular complexity index is 464. The lowest BCUT2D eigenvalue weighted by Crippen LogP contribution is -2.29. The van der Waals surface area contributed by atoms with Crippen LogP contribution in [0.4, 0.5) is 11.4 Å². The number of hydrogen-bond donors (Lipinski definition) is 1. The highest BCUT2D eigenvalue weighted by molar-refractivity contribution is 6.00. The van der Waals surface area contributed by atoms with Crippen molar-refractivity contribution in [3.8, 4) is 0 Å². The lowest BCUT2D eigenvalue weighted by molar-refractivity contribution is -0.210. The Hall–Kier alpha value is -1.91. The van der Waals surface area contributed by atoms with Gasteiger partial charge in [0.15, 0.2) is 0 Å². The molecule has 1 N–H and O–H groups in total. The molecule has 0 bridgehead atoms. The summed E-state index contributed by atoms with van der Waals surface area (Å²) in [6.45, 7) is 1.62. The predicted molar refractivity (Wildman–Crippen MR) is 69.0 cm³/mol. The highest BCUT2D eigenvalue weighted by atomic mass is 16.2. The summed E-state index contributed by atoms with van der Waals surface area (Å²) in [6.07, 6.45) is 2.12. The summed E-state index contributed by atoms with van der Waals surface area (Å²) in [5.41, 5.74) is 9.08. The maximum atomic E-state index is 12.4. The highest BCUT2D eigenvalue weighted by Crippen LogP contribution is 2.26. The van der Waals surface area contributed by atoms with Crippen LogP contribution < -0.4 is 10.4 Å². The first-order valence-corrected chi connectivity index (χ1v) is 6.11. The molecule has 0 saturated carbocycles. The predicted octanol–water partition coefficient (Wildman–Crippen LogP) is 0.617. The average molecular weight is 246 g/mol. The molecule has 95 valence electrons. The van der Waals surface area contributed by atoms with Gasteiger partial charge in [0.2, 0.25) is 0 Å². The van der Waals surface area contributed by atoms with Gasteiger partial charge in [0.25, 0.3) is 5.91 Å². The van der Waals surface area contributed by atoms with Crippen molar-refractivity contribution in [1.82, 2.24) is 4.90 Å². The van der Waals surface area contributed by atoms with Crippen LogP contribution in [0.25, 0.3) is 0 Å². The van der Waals surface area contributed by atoms with Gasteiger partial charge in [-0.2, -0.15) is 0 Å². The molecule has 1 aliphatic rings. The standard InChI is InChI=1S/C13H18N4O/c1-16(2)10-5-6-12(15-14)11(9-10)13(18)17-7-3-4-8-17/h5-6,9,14H,3-4,7-8H2,1-2H3/q+1. The topological polar surface area (TPSA) is 59.7 Å². The minimum Gasteiger partial charge on any atom is -0.378 e. The quantitative estimate of drug-likeness (QED) is 0.795. The van der Waals surface area contributed by atoms with E-state index in [1.54, 1.807) is 6.07 Å². The maximum absolute atomic E-state index is 12.4. The van der Waals surface area contributed by atoms with Gasteiger partial charge < -0.3 is 9.80 Å². The fourth-order valence-corrected chi connectivity index (χ4v) is 2.16. The van der Waals surface area contributed by atoms with Gasteiger partial charge >= 0.3 is 0 Å². The number of rotatable bonds is 3. The van der Waals surface area contributed by atoms with Crippen LogP contribution in [0.5, 0.6) is 0 Å². The first kappa shape index (κ1) is 12.5.